The van der Waals surface area contributed by atoms with Gasteiger partial charge in [-0.2, -0.15) is 0 Å². The number of carbonyl (C=O) groups is 1. The van der Waals surface area contributed by atoms with Crippen molar-refractivity contribution in [3.05, 3.63) is 12.3 Å². The first-order valence-electron chi connectivity index (χ1n) is 4.43. The van der Waals surface area contributed by atoms with Gasteiger partial charge in [0, 0.05) is 19.2 Å². The maximum atomic E-state index is 11.0. The minimum atomic E-state index is 0.239. The summed E-state index contributed by atoms with van der Waals surface area (Å²) in [5.41, 5.74) is 0. The van der Waals surface area contributed by atoms with Gasteiger partial charge >= 0.3 is 0 Å². The maximum absolute atomic E-state index is 11.0. The highest BCUT2D eigenvalue weighted by molar-refractivity contribution is 5.85. The van der Waals surface area contributed by atoms with Crippen molar-refractivity contribution in [3.63, 3.8) is 0 Å². The Hall–Kier alpha value is -0.830. The number of nitrogens with zero attached hydrogens (tertiary/aromatic N) is 1. The predicted molar refractivity (Wildman–Crippen MR) is 44.2 cm³/mol. The second-order valence-electron chi connectivity index (χ2n) is 3.44. The van der Waals surface area contributed by atoms with Crippen molar-refractivity contribution < 1.29 is 9.90 Å². The SMILES string of the molecule is O=C1C[C@H]2C(CCCO)C=CN12. The van der Waals surface area contributed by atoms with Gasteiger partial charge in [-0.1, -0.05) is 6.08 Å². The number of rotatable bonds is 3. The summed E-state index contributed by atoms with van der Waals surface area (Å²) in [7, 11) is 0. The van der Waals surface area contributed by atoms with E-state index in [2.05, 4.69) is 6.08 Å². The third-order valence-corrected chi connectivity index (χ3v) is 2.71. The van der Waals surface area contributed by atoms with Gasteiger partial charge in [-0.05, 0) is 18.8 Å². The highest BCUT2D eigenvalue weighted by atomic mass is 16.2. The average molecular weight is 167 g/mol. The van der Waals surface area contributed by atoms with Crippen LogP contribution in [0.5, 0.6) is 0 Å². The molecule has 0 aliphatic carbocycles. The molecule has 2 heterocycles. The molecule has 2 aliphatic rings. The predicted octanol–water partition coefficient (Wildman–Crippen LogP) is 0.503. The highest BCUT2D eigenvalue weighted by Crippen LogP contribution is 2.35. The standard InChI is InChI=1S/C9H13NO2/c11-5-1-2-7-3-4-10-8(7)6-9(10)12/h3-4,7-8,11H,1-2,5-6H2/t7?,8-/m0/s1. The Labute approximate surface area is 71.7 Å². The van der Waals surface area contributed by atoms with E-state index in [1.54, 1.807) is 0 Å². The topological polar surface area (TPSA) is 40.5 Å². The molecule has 0 bridgehead atoms. The van der Waals surface area contributed by atoms with Crippen LogP contribution in [0.4, 0.5) is 0 Å². The van der Waals surface area contributed by atoms with Crippen molar-refractivity contribution in [3.8, 4) is 0 Å². The molecule has 3 heteroatoms. The van der Waals surface area contributed by atoms with E-state index < -0.39 is 0 Å². The fourth-order valence-electron chi connectivity index (χ4n) is 1.95. The molecule has 66 valence electrons. The molecule has 12 heavy (non-hydrogen) atoms. The van der Waals surface area contributed by atoms with Crippen molar-refractivity contribution >= 4 is 5.91 Å². The summed E-state index contributed by atoms with van der Waals surface area (Å²) in [5, 5.41) is 8.64. The number of aliphatic hydroxyl groups excluding tert-OH is 1. The molecule has 0 radical (unpaired) electrons. The van der Waals surface area contributed by atoms with Gasteiger partial charge in [0.15, 0.2) is 0 Å². The molecule has 2 rings (SSSR count). The van der Waals surface area contributed by atoms with Gasteiger partial charge in [0.05, 0.1) is 6.04 Å². The monoisotopic (exact) mass is 167 g/mol. The molecule has 0 spiro atoms. The fraction of sp³-hybridized carbons (Fsp3) is 0.667. The lowest BCUT2D eigenvalue weighted by Crippen LogP contribution is -2.49. The molecule has 0 aromatic carbocycles. The first-order valence-corrected chi connectivity index (χ1v) is 4.43. The highest BCUT2D eigenvalue weighted by Gasteiger charge is 2.42. The van der Waals surface area contributed by atoms with Crippen molar-refractivity contribution in [1.29, 1.82) is 0 Å². The molecule has 1 N–H and O–H groups in total. The number of amides is 1. The fourth-order valence-corrected chi connectivity index (χ4v) is 1.95. The molecule has 1 saturated heterocycles. The Balaban J connectivity index is 1.87. The van der Waals surface area contributed by atoms with E-state index >= 15 is 0 Å². The molecule has 0 saturated carbocycles. The summed E-state index contributed by atoms with van der Waals surface area (Å²) in [4.78, 5) is 12.8. The Morgan fingerprint density at radius 2 is 2.50 bits per heavy atom. The Morgan fingerprint density at radius 1 is 1.67 bits per heavy atom. The summed E-state index contributed by atoms with van der Waals surface area (Å²) in [6, 6.07) is 0.420. The van der Waals surface area contributed by atoms with E-state index in [-0.39, 0.29) is 12.5 Å². The van der Waals surface area contributed by atoms with Gasteiger partial charge < -0.3 is 10.0 Å². The molecule has 3 nitrogen and oxygen atoms in total. The number of β-lactam (4-membered cyclic amide) rings is 1. The number of hydrogen-bond donors (Lipinski definition) is 1. The van der Waals surface area contributed by atoms with E-state index in [9.17, 15) is 4.79 Å². The van der Waals surface area contributed by atoms with Gasteiger partial charge in [0.25, 0.3) is 0 Å². The molecule has 0 aromatic rings. The van der Waals surface area contributed by atoms with Crippen molar-refractivity contribution in [2.24, 2.45) is 5.92 Å². The van der Waals surface area contributed by atoms with Crippen molar-refractivity contribution in [1.82, 2.24) is 4.90 Å². The molecular formula is C9H13NO2. The minimum Gasteiger partial charge on any atom is -0.396 e. The second-order valence-corrected chi connectivity index (χ2v) is 3.44. The Kier molecular flexibility index (Phi) is 1.89. The smallest absolute Gasteiger partial charge is 0.228 e. The van der Waals surface area contributed by atoms with Crippen LogP contribution in [-0.2, 0) is 4.79 Å². The van der Waals surface area contributed by atoms with Crippen LogP contribution in [0.3, 0.4) is 0 Å². The second kappa shape index (κ2) is 2.90. The number of carbonyl (C=O) groups excluding carboxylic acids is 1. The minimum absolute atomic E-state index is 0.239. The Morgan fingerprint density at radius 3 is 3.08 bits per heavy atom. The van der Waals surface area contributed by atoms with Gasteiger partial charge in [0.2, 0.25) is 5.91 Å². The van der Waals surface area contributed by atoms with Crippen molar-refractivity contribution in [2.45, 2.75) is 25.3 Å². The average Bonchev–Trinajstić information content (AvgIpc) is 2.38. The molecule has 0 aromatic heterocycles. The molecule has 1 amide bonds. The number of hydrogen-bond acceptors (Lipinski definition) is 2. The number of fused-ring (bicyclic) bond motifs is 1. The largest absolute Gasteiger partial charge is 0.396 e. The van der Waals surface area contributed by atoms with E-state index in [0.29, 0.717) is 18.4 Å². The number of aliphatic hydroxyl groups is 1. The van der Waals surface area contributed by atoms with E-state index in [4.69, 9.17) is 5.11 Å². The molecule has 2 aliphatic heterocycles. The summed E-state index contributed by atoms with van der Waals surface area (Å²) < 4.78 is 0. The summed E-state index contributed by atoms with van der Waals surface area (Å²) in [6.07, 6.45) is 6.52. The van der Waals surface area contributed by atoms with Crippen LogP contribution in [0.1, 0.15) is 19.3 Å². The lowest BCUT2D eigenvalue weighted by Gasteiger charge is -2.36. The third-order valence-electron chi connectivity index (χ3n) is 2.71. The quantitative estimate of drug-likeness (QED) is 0.622. The third kappa shape index (κ3) is 1.05. The lowest BCUT2D eigenvalue weighted by atomic mass is 9.89. The zero-order chi connectivity index (χ0) is 8.55. The summed E-state index contributed by atoms with van der Waals surface area (Å²) in [5.74, 6) is 0.734. The van der Waals surface area contributed by atoms with Crippen LogP contribution >= 0.6 is 0 Å². The van der Waals surface area contributed by atoms with Crippen LogP contribution in [0, 0.1) is 5.92 Å². The van der Waals surface area contributed by atoms with Crippen LogP contribution < -0.4 is 0 Å². The van der Waals surface area contributed by atoms with Crippen LogP contribution in [0.2, 0.25) is 0 Å². The molecule has 1 fully saturated rings. The molecular weight excluding hydrogens is 154 g/mol. The normalized spacial score (nSPS) is 32.1. The van der Waals surface area contributed by atoms with Crippen molar-refractivity contribution in [2.75, 3.05) is 6.61 Å². The van der Waals surface area contributed by atoms with Gasteiger partial charge in [-0.25, -0.2) is 0 Å². The van der Waals surface area contributed by atoms with Gasteiger partial charge in [-0.3, -0.25) is 4.79 Å². The van der Waals surface area contributed by atoms with E-state index in [1.165, 1.54) is 0 Å². The zero-order valence-electron chi connectivity index (χ0n) is 6.94. The van der Waals surface area contributed by atoms with Crippen LogP contribution in [0.25, 0.3) is 0 Å². The maximum Gasteiger partial charge on any atom is 0.228 e. The first-order chi connectivity index (χ1) is 5.83. The van der Waals surface area contributed by atoms with E-state index in [1.807, 2.05) is 11.1 Å². The summed E-state index contributed by atoms with van der Waals surface area (Å²) >= 11 is 0. The van der Waals surface area contributed by atoms with Crippen LogP contribution in [0.15, 0.2) is 12.3 Å². The summed E-state index contributed by atoms with van der Waals surface area (Å²) in [6.45, 7) is 0.255. The Bertz CT molecular complexity index is 225. The zero-order valence-corrected chi connectivity index (χ0v) is 6.94. The van der Waals surface area contributed by atoms with E-state index in [0.717, 1.165) is 12.8 Å². The van der Waals surface area contributed by atoms with Crippen LogP contribution in [-0.4, -0.2) is 28.6 Å². The van der Waals surface area contributed by atoms with Gasteiger partial charge in [0.1, 0.15) is 0 Å². The van der Waals surface area contributed by atoms with Gasteiger partial charge in [-0.15, -0.1) is 0 Å². The molecule has 1 unspecified atom stereocenters. The molecule has 2 atom stereocenters. The lowest BCUT2D eigenvalue weighted by molar-refractivity contribution is -0.141. The first kappa shape index (κ1) is 7.80.